The molecule has 18 heavy (non-hydrogen) atoms. The first kappa shape index (κ1) is 12.7. The Morgan fingerprint density at radius 2 is 1.61 bits per heavy atom. The number of amides is 1. The lowest BCUT2D eigenvalue weighted by Crippen LogP contribution is -2.52. The molecule has 1 amide bonds. The first-order valence-corrected chi connectivity index (χ1v) is 6.09. The smallest absolute Gasteiger partial charge is 0.253 e. The van der Waals surface area contributed by atoms with Crippen LogP contribution in [0.25, 0.3) is 0 Å². The maximum atomic E-state index is 12.2. The third kappa shape index (κ3) is 2.73. The predicted molar refractivity (Wildman–Crippen MR) is 70.8 cm³/mol. The Hall–Kier alpha value is -1.75. The molecule has 0 aromatic heterocycles. The fourth-order valence-corrected chi connectivity index (χ4v) is 2.05. The van der Waals surface area contributed by atoms with E-state index in [1.165, 1.54) is 0 Å². The van der Waals surface area contributed by atoms with Gasteiger partial charge < -0.3 is 15.5 Å². The minimum Gasteiger partial charge on any atom is -0.370 e. The Labute approximate surface area is 111 Å². The molecular weight excluding hydrogens is 252 g/mol. The Morgan fingerprint density at radius 1 is 1.11 bits per heavy atom. The SMILES string of the molecule is N=C(N)N1CCN(C(=O)c2ccc(Cl)cc2)CC1. The van der Waals surface area contributed by atoms with Gasteiger partial charge in [0.25, 0.3) is 5.91 Å². The summed E-state index contributed by atoms with van der Waals surface area (Å²) < 4.78 is 0. The molecule has 2 rings (SSSR count). The van der Waals surface area contributed by atoms with Gasteiger partial charge >= 0.3 is 0 Å². The van der Waals surface area contributed by atoms with E-state index < -0.39 is 0 Å². The van der Waals surface area contributed by atoms with Crippen molar-refractivity contribution in [2.45, 2.75) is 0 Å². The van der Waals surface area contributed by atoms with Crippen molar-refractivity contribution in [3.05, 3.63) is 34.9 Å². The molecule has 0 saturated carbocycles. The third-order valence-corrected chi connectivity index (χ3v) is 3.25. The van der Waals surface area contributed by atoms with Crippen LogP contribution in [0.2, 0.25) is 5.02 Å². The van der Waals surface area contributed by atoms with E-state index in [2.05, 4.69) is 0 Å². The number of benzene rings is 1. The molecule has 96 valence electrons. The summed E-state index contributed by atoms with van der Waals surface area (Å²) in [5.74, 6) is 0.0588. The van der Waals surface area contributed by atoms with E-state index in [9.17, 15) is 4.79 Å². The number of halogens is 1. The number of nitrogens with zero attached hydrogens (tertiary/aromatic N) is 2. The summed E-state index contributed by atoms with van der Waals surface area (Å²) in [6, 6.07) is 6.87. The minimum atomic E-state index is -0.00475. The number of hydrogen-bond donors (Lipinski definition) is 2. The number of hydrogen-bond acceptors (Lipinski definition) is 2. The molecule has 1 aliphatic heterocycles. The second-order valence-electron chi connectivity index (χ2n) is 4.17. The van der Waals surface area contributed by atoms with Crippen molar-refractivity contribution in [1.82, 2.24) is 9.80 Å². The molecule has 1 aromatic rings. The van der Waals surface area contributed by atoms with Gasteiger partial charge in [-0.1, -0.05) is 11.6 Å². The van der Waals surface area contributed by atoms with Gasteiger partial charge in [-0.2, -0.15) is 0 Å². The number of piperazine rings is 1. The zero-order valence-corrected chi connectivity index (χ0v) is 10.7. The summed E-state index contributed by atoms with van der Waals surface area (Å²) in [6.45, 7) is 2.38. The molecular formula is C12H15ClN4O. The van der Waals surface area contributed by atoms with Gasteiger partial charge in [0, 0.05) is 36.8 Å². The Balaban J connectivity index is 1.99. The highest BCUT2D eigenvalue weighted by Crippen LogP contribution is 2.12. The van der Waals surface area contributed by atoms with Gasteiger partial charge in [0.1, 0.15) is 0 Å². The molecule has 1 aliphatic rings. The topological polar surface area (TPSA) is 73.4 Å². The predicted octanol–water partition coefficient (Wildman–Crippen LogP) is 0.991. The molecule has 0 unspecified atom stereocenters. The van der Waals surface area contributed by atoms with E-state index in [1.807, 2.05) is 0 Å². The molecule has 0 aliphatic carbocycles. The van der Waals surface area contributed by atoms with Crippen molar-refractivity contribution in [2.24, 2.45) is 5.73 Å². The molecule has 1 aromatic carbocycles. The third-order valence-electron chi connectivity index (χ3n) is 3.00. The molecule has 0 atom stereocenters. The highest BCUT2D eigenvalue weighted by Gasteiger charge is 2.22. The summed E-state index contributed by atoms with van der Waals surface area (Å²) in [5, 5.41) is 7.95. The van der Waals surface area contributed by atoms with E-state index in [0.717, 1.165) is 0 Å². The molecule has 1 heterocycles. The van der Waals surface area contributed by atoms with Gasteiger partial charge in [0.2, 0.25) is 0 Å². The molecule has 0 radical (unpaired) electrons. The van der Waals surface area contributed by atoms with E-state index in [1.54, 1.807) is 34.1 Å². The molecule has 6 heteroatoms. The van der Waals surface area contributed by atoms with Gasteiger partial charge in [0.15, 0.2) is 5.96 Å². The number of nitrogens with one attached hydrogen (secondary N) is 1. The molecule has 0 bridgehead atoms. The van der Waals surface area contributed by atoms with E-state index >= 15 is 0 Å². The fourth-order valence-electron chi connectivity index (χ4n) is 1.93. The largest absolute Gasteiger partial charge is 0.370 e. The summed E-state index contributed by atoms with van der Waals surface area (Å²) in [4.78, 5) is 15.7. The van der Waals surface area contributed by atoms with Crippen LogP contribution < -0.4 is 5.73 Å². The number of carbonyl (C=O) groups excluding carboxylic acids is 1. The van der Waals surface area contributed by atoms with Gasteiger partial charge in [0.05, 0.1) is 0 Å². The van der Waals surface area contributed by atoms with Crippen molar-refractivity contribution in [3.63, 3.8) is 0 Å². The summed E-state index contributed by atoms with van der Waals surface area (Å²) in [7, 11) is 0. The number of guanidine groups is 1. The average Bonchev–Trinajstić information content (AvgIpc) is 2.39. The molecule has 1 fully saturated rings. The highest BCUT2D eigenvalue weighted by molar-refractivity contribution is 6.30. The van der Waals surface area contributed by atoms with Crippen molar-refractivity contribution in [3.8, 4) is 0 Å². The highest BCUT2D eigenvalue weighted by atomic mass is 35.5. The van der Waals surface area contributed by atoms with Crippen LogP contribution in [0.5, 0.6) is 0 Å². The van der Waals surface area contributed by atoms with E-state index in [4.69, 9.17) is 22.7 Å². The molecule has 3 N–H and O–H groups in total. The van der Waals surface area contributed by atoms with Crippen molar-refractivity contribution >= 4 is 23.5 Å². The summed E-state index contributed by atoms with van der Waals surface area (Å²) in [6.07, 6.45) is 0. The van der Waals surface area contributed by atoms with Crippen LogP contribution in [-0.2, 0) is 0 Å². The lowest BCUT2D eigenvalue weighted by atomic mass is 10.2. The average molecular weight is 267 g/mol. The zero-order valence-electron chi connectivity index (χ0n) is 9.90. The van der Waals surface area contributed by atoms with E-state index in [0.29, 0.717) is 36.8 Å². The first-order valence-electron chi connectivity index (χ1n) is 5.72. The number of carbonyl (C=O) groups is 1. The van der Waals surface area contributed by atoms with Crippen LogP contribution in [0, 0.1) is 5.41 Å². The first-order chi connectivity index (χ1) is 8.58. The van der Waals surface area contributed by atoms with Crippen LogP contribution in [0.15, 0.2) is 24.3 Å². The van der Waals surface area contributed by atoms with Gasteiger partial charge in [-0.3, -0.25) is 10.2 Å². The monoisotopic (exact) mass is 266 g/mol. The molecule has 5 nitrogen and oxygen atoms in total. The van der Waals surface area contributed by atoms with Gasteiger partial charge in [-0.15, -0.1) is 0 Å². The van der Waals surface area contributed by atoms with E-state index in [-0.39, 0.29) is 11.9 Å². The summed E-state index contributed by atoms with van der Waals surface area (Å²) >= 11 is 5.79. The molecule has 0 spiro atoms. The van der Waals surface area contributed by atoms with Crippen LogP contribution in [0.3, 0.4) is 0 Å². The second-order valence-corrected chi connectivity index (χ2v) is 4.61. The Morgan fingerprint density at radius 3 is 2.11 bits per heavy atom. The van der Waals surface area contributed by atoms with Crippen LogP contribution in [-0.4, -0.2) is 47.8 Å². The molecule has 1 saturated heterocycles. The zero-order chi connectivity index (χ0) is 13.1. The second kappa shape index (κ2) is 5.27. The van der Waals surface area contributed by atoms with Gasteiger partial charge in [-0.05, 0) is 24.3 Å². The quantitative estimate of drug-likeness (QED) is 0.588. The lowest BCUT2D eigenvalue weighted by Gasteiger charge is -2.34. The normalized spacial score (nSPS) is 15.6. The standard InChI is InChI=1S/C12H15ClN4O/c13-10-3-1-9(2-4-10)11(18)16-5-7-17(8-6-16)12(14)15/h1-4H,5-8H2,(H3,14,15). The van der Waals surface area contributed by atoms with Crippen molar-refractivity contribution < 1.29 is 4.79 Å². The maximum Gasteiger partial charge on any atom is 0.253 e. The fraction of sp³-hybridized carbons (Fsp3) is 0.333. The lowest BCUT2D eigenvalue weighted by molar-refractivity contribution is 0.0690. The van der Waals surface area contributed by atoms with Crippen LogP contribution in [0.4, 0.5) is 0 Å². The van der Waals surface area contributed by atoms with Crippen molar-refractivity contribution in [2.75, 3.05) is 26.2 Å². The number of nitrogens with two attached hydrogens (primary N) is 1. The number of rotatable bonds is 1. The van der Waals surface area contributed by atoms with Crippen molar-refractivity contribution in [1.29, 1.82) is 5.41 Å². The minimum absolute atomic E-state index is 0.00475. The Kier molecular flexibility index (Phi) is 3.72. The maximum absolute atomic E-state index is 12.2. The van der Waals surface area contributed by atoms with Crippen LogP contribution >= 0.6 is 11.6 Å². The Bertz CT molecular complexity index is 452. The van der Waals surface area contributed by atoms with Gasteiger partial charge in [-0.25, -0.2) is 0 Å². The summed E-state index contributed by atoms with van der Waals surface area (Å²) in [5.41, 5.74) is 6.04. The van der Waals surface area contributed by atoms with Crippen LogP contribution in [0.1, 0.15) is 10.4 Å².